The van der Waals surface area contributed by atoms with Gasteiger partial charge in [-0.2, -0.15) is 5.10 Å². The molecule has 6 heteroatoms. The van der Waals surface area contributed by atoms with Gasteiger partial charge in [0.25, 0.3) is 0 Å². The van der Waals surface area contributed by atoms with Gasteiger partial charge in [-0.3, -0.25) is 9.58 Å². The summed E-state index contributed by atoms with van der Waals surface area (Å²) in [6.07, 6.45) is 1.77. The molecule has 1 aromatic rings. The lowest BCUT2D eigenvalue weighted by Crippen LogP contribution is -2.38. The molecular weight excluding hydrogens is 216 g/mol. The maximum absolute atomic E-state index is 5.76. The second kappa shape index (κ2) is 4.83. The molecule has 2 rings (SSSR count). The van der Waals surface area contributed by atoms with Crippen molar-refractivity contribution in [2.75, 3.05) is 38.6 Å². The zero-order chi connectivity index (χ0) is 10.7. The van der Waals surface area contributed by atoms with Gasteiger partial charge >= 0.3 is 0 Å². The summed E-state index contributed by atoms with van der Waals surface area (Å²) in [6, 6.07) is 0. The van der Waals surface area contributed by atoms with Crippen molar-refractivity contribution in [2.45, 2.75) is 6.54 Å². The Balaban J connectivity index is 1.81. The fraction of sp³-hybridized carbons (Fsp3) is 0.667. The highest BCUT2D eigenvalue weighted by molar-refractivity contribution is 6.31. The number of hydrogen-bond acceptors (Lipinski definition) is 4. The molecule has 1 aliphatic rings. The summed E-state index contributed by atoms with van der Waals surface area (Å²) in [7, 11) is 0. The lowest BCUT2D eigenvalue weighted by Gasteiger charge is -2.26. The van der Waals surface area contributed by atoms with Gasteiger partial charge in [0.1, 0.15) is 0 Å². The van der Waals surface area contributed by atoms with E-state index in [4.69, 9.17) is 22.1 Å². The highest BCUT2D eigenvalue weighted by atomic mass is 35.5. The first-order chi connectivity index (χ1) is 7.25. The number of anilines is 1. The molecule has 0 amide bonds. The third-order valence-corrected chi connectivity index (χ3v) is 2.79. The van der Waals surface area contributed by atoms with Crippen LogP contribution in [-0.2, 0) is 11.3 Å². The molecule has 0 aromatic carbocycles. The summed E-state index contributed by atoms with van der Waals surface area (Å²) >= 11 is 5.76. The lowest BCUT2D eigenvalue weighted by molar-refractivity contribution is 0.0360. The predicted octanol–water partition coefficient (Wildman–Crippen LogP) is 0.451. The summed E-state index contributed by atoms with van der Waals surface area (Å²) in [6.45, 7) is 5.40. The van der Waals surface area contributed by atoms with Crippen LogP contribution in [0.1, 0.15) is 0 Å². The molecule has 0 spiro atoms. The van der Waals surface area contributed by atoms with Crippen molar-refractivity contribution in [2.24, 2.45) is 0 Å². The van der Waals surface area contributed by atoms with E-state index in [2.05, 4.69) is 10.00 Å². The van der Waals surface area contributed by atoms with E-state index in [9.17, 15) is 0 Å². The normalized spacial score (nSPS) is 18.2. The molecule has 0 unspecified atom stereocenters. The highest BCUT2D eigenvalue weighted by Gasteiger charge is 2.10. The predicted molar refractivity (Wildman–Crippen MR) is 58.9 cm³/mol. The van der Waals surface area contributed by atoms with E-state index in [-0.39, 0.29) is 0 Å². The number of nitrogens with zero attached hydrogens (tertiary/aromatic N) is 3. The molecule has 0 atom stereocenters. The average Bonchev–Trinajstić information content (AvgIpc) is 2.57. The molecule has 1 aliphatic heterocycles. The van der Waals surface area contributed by atoms with Gasteiger partial charge in [0.05, 0.1) is 25.4 Å². The summed E-state index contributed by atoms with van der Waals surface area (Å²) in [5.74, 6) is 0. The molecule has 2 N–H and O–H groups in total. The van der Waals surface area contributed by atoms with Crippen LogP contribution in [0.15, 0.2) is 6.20 Å². The zero-order valence-electron chi connectivity index (χ0n) is 8.53. The van der Waals surface area contributed by atoms with Crippen molar-refractivity contribution < 1.29 is 4.74 Å². The van der Waals surface area contributed by atoms with E-state index in [1.165, 1.54) is 0 Å². The molecule has 5 nitrogen and oxygen atoms in total. The van der Waals surface area contributed by atoms with Gasteiger partial charge in [-0.25, -0.2) is 0 Å². The van der Waals surface area contributed by atoms with E-state index < -0.39 is 0 Å². The minimum absolute atomic E-state index is 0.386. The Morgan fingerprint density at radius 2 is 2.13 bits per heavy atom. The van der Waals surface area contributed by atoms with Gasteiger partial charge in [-0.15, -0.1) is 0 Å². The molecule has 84 valence electrons. The number of morpholine rings is 1. The van der Waals surface area contributed by atoms with Crippen LogP contribution in [0.25, 0.3) is 0 Å². The van der Waals surface area contributed by atoms with Gasteiger partial charge in [-0.05, 0) is 0 Å². The molecule has 0 radical (unpaired) electrons. The second-order valence-electron chi connectivity index (χ2n) is 3.59. The molecule has 0 saturated carbocycles. The van der Waals surface area contributed by atoms with Crippen molar-refractivity contribution in [3.05, 3.63) is 11.3 Å². The Labute approximate surface area is 93.7 Å². The molecule has 2 heterocycles. The summed E-state index contributed by atoms with van der Waals surface area (Å²) in [4.78, 5) is 2.34. The minimum atomic E-state index is 0.386. The zero-order valence-corrected chi connectivity index (χ0v) is 9.28. The van der Waals surface area contributed by atoms with Crippen LogP contribution in [-0.4, -0.2) is 47.5 Å². The van der Waals surface area contributed by atoms with Crippen LogP contribution >= 0.6 is 11.6 Å². The van der Waals surface area contributed by atoms with Gasteiger partial charge in [0, 0.05) is 25.8 Å². The van der Waals surface area contributed by atoms with Gasteiger partial charge in [0.2, 0.25) is 0 Å². The number of aromatic nitrogens is 2. The van der Waals surface area contributed by atoms with Crippen LogP contribution in [0.5, 0.6) is 0 Å². The monoisotopic (exact) mass is 230 g/mol. The quantitative estimate of drug-likeness (QED) is 0.819. The molecule has 1 saturated heterocycles. The second-order valence-corrected chi connectivity index (χ2v) is 3.95. The molecule has 1 fully saturated rings. The highest BCUT2D eigenvalue weighted by Crippen LogP contribution is 2.14. The molecule has 0 aliphatic carbocycles. The summed E-state index contributed by atoms with van der Waals surface area (Å²) < 4.78 is 7.05. The molecule has 15 heavy (non-hydrogen) atoms. The van der Waals surface area contributed by atoms with Crippen LogP contribution in [0.4, 0.5) is 5.69 Å². The lowest BCUT2D eigenvalue weighted by atomic mass is 10.4. The number of nitrogens with two attached hydrogens (primary N) is 1. The van der Waals surface area contributed by atoms with E-state index in [0.29, 0.717) is 10.8 Å². The first-order valence-corrected chi connectivity index (χ1v) is 5.42. The number of ether oxygens (including phenoxy) is 1. The maximum atomic E-state index is 5.76. The number of nitrogen functional groups attached to an aromatic ring is 1. The fourth-order valence-corrected chi connectivity index (χ4v) is 1.74. The van der Waals surface area contributed by atoms with E-state index in [1.807, 2.05) is 0 Å². The van der Waals surface area contributed by atoms with E-state index >= 15 is 0 Å². The third kappa shape index (κ3) is 2.84. The van der Waals surface area contributed by atoms with E-state index in [1.54, 1.807) is 10.9 Å². The van der Waals surface area contributed by atoms with Crippen LogP contribution in [0.2, 0.25) is 5.15 Å². The summed E-state index contributed by atoms with van der Waals surface area (Å²) in [5, 5.41) is 4.48. The largest absolute Gasteiger partial charge is 0.395 e. The topological polar surface area (TPSA) is 56.3 Å². The smallest absolute Gasteiger partial charge is 0.173 e. The third-order valence-electron chi connectivity index (χ3n) is 2.49. The van der Waals surface area contributed by atoms with Gasteiger partial charge in [-0.1, -0.05) is 11.6 Å². The maximum Gasteiger partial charge on any atom is 0.173 e. The van der Waals surface area contributed by atoms with E-state index in [0.717, 1.165) is 39.4 Å². The number of hydrogen-bond donors (Lipinski definition) is 1. The van der Waals surface area contributed by atoms with Gasteiger partial charge in [0.15, 0.2) is 5.15 Å². The standard InChI is InChI=1S/C9H15ClN4O/c10-9-8(11)7-14(12-9)2-1-13-3-5-15-6-4-13/h7H,1-6,11H2. The van der Waals surface area contributed by atoms with Gasteiger partial charge < -0.3 is 10.5 Å². The van der Waals surface area contributed by atoms with Crippen molar-refractivity contribution in [1.29, 1.82) is 0 Å². The van der Waals surface area contributed by atoms with Crippen molar-refractivity contribution in [1.82, 2.24) is 14.7 Å². The van der Waals surface area contributed by atoms with Crippen LogP contribution < -0.4 is 5.73 Å². The Bertz CT molecular complexity index is 302. The van der Waals surface area contributed by atoms with Crippen LogP contribution in [0.3, 0.4) is 0 Å². The molecule has 1 aromatic heterocycles. The molecule has 0 bridgehead atoms. The fourth-order valence-electron chi connectivity index (χ4n) is 1.60. The van der Waals surface area contributed by atoms with Crippen molar-refractivity contribution in [3.8, 4) is 0 Å². The Morgan fingerprint density at radius 3 is 2.73 bits per heavy atom. The minimum Gasteiger partial charge on any atom is -0.395 e. The molecular formula is C9H15ClN4O. The van der Waals surface area contributed by atoms with Crippen molar-refractivity contribution >= 4 is 17.3 Å². The Kier molecular flexibility index (Phi) is 3.45. The SMILES string of the molecule is Nc1cn(CCN2CCOCC2)nc1Cl. The Morgan fingerprint density at radius 1 is 1.40 bits per heavy atom. The first-order valence-electron chi connectivity index (χ1n) is 5.04. The average molecular weight is 231 g/mol. The van der Waals surface area contributed by atoms with Crippen LogP contribution in [0, 0.1) is 0 Å². The number of halogens is 1. The van der Waals surface area contributed by atoms with Crippen molar-refractivity contribution in [3.63, 3.8) is 0 Å². The first kappa shape index (κ1) is 10.7. The Hall–Kier alpha value is -0.780. The number of rotatable bonds is 3. The summed E-state index contributed by atoms with van der Waals surface area (Å²) in [5.41, 5.74) is 6.14.